The molecular formula is C17H22BrN3O. The van der Waals surface area contributed by atoms with Gasteiger partial charge >= 0.3 is 0 Å². The van der Waals surface area contributed by atoms with Crippen molar-refractivity contribution in [1.82, 2.24) is 4.90 Å². The highest BCUT2D eigenvalue weighted by molar-refractivity contribution is 9.10. The molecule has 1 saturated carbocycles. The Morgan fingerprint density at radius 3 is 2.45 bits per heavy atom. The number of carbonyl (C=O) groups excluding carboxylic acids is 1. The van der Waals surface area contributed by atoms with Crippen molar-refractivity contribution >= 4 is 27.5 Å². The van der Waals surface area contributed by atoms with Crippen molar-refractivity contribution < 1.29 is 4.79 Å². The quantitative estimate of drug-likeness (QED) is 0.881. The first-order valence-electron chi connectivity index (χ1n) is 7.69. The largest absolute Gasteiger partial charge is 0.374 e. The number of hydrogen-bond acceptors (Lipinski definition) is 3. The van der Waals surface area contributed by atoms with Gasteiger partial charge in [-0.05, 0) is 44.0 Å². The summed E-state index contributed by atoms with van der Waals surface area (Å²) in [6.07, 6.45) is 4.73. The average Bonchev–Trinajstić information content (AvgIpc) is 2.56. The van der Waals surface area contributed by atoms with Gasteiger partial charge in [0.05, 0.1) is 6.07 Å². The molecule has 0 aromatic heterocycles. The minimum absolute atomic E-state index is 0.0358. The lowest BCUT2D eigenvalue weighted by Gasteiger charge is -2.40. The molecule has 118 valence electrons. The van der Waals surface area contributed by atoms with Crippen molar-refractivity contribution in [3.8, 4) is 6.07 Å². The van der Waals surface area contributed by atoms with Crippen LogP contribution in [0, 0.1) is 11.3 Å². The lowest BCUT2D eigenvalue weighted by Crippen LogP contribution is -2.53. The molecule has 1 fully saturated rings. The number of nitrogens with one attached hydrogen (secondary N) is 1. The Morgan fingerprint density at radius 1 is 1.32 bits per heavy atom. The normalized spacial score (nSPS) is 18.1. The molecule has 0 saturated heterocycles. The summed E-state index contributed by atoms with van der Waals surface area (Å²) < 4.78 is 1.000. The zero-order chi connectivity index (χ0) is 16.2. The van der Waals surface area contributed by atoms with Gasteiger partial charge in [0.1, 0.15) is 11.6 Å². The fourth-order valence-corrected chi connectivity index (χ4v) is 3.28. The molecule has 0 heterocycles. The van der Waals surface area contributed by atoms with E-state index in [1.54, 1.807) is 11.9 Å². The fourth-order valence-electron chi connectivity index (χ4n) is 3.02. The number of nitrogens with zero attached hydrogens (tertiary/aromatic N) is 2. The van der Waals surface area contributed by atoms with Gasteiger partial charge in [0.15, 0.2) is 0 Å². The second kappa shape index (κ2) is 7.15. The molecule has 1 aliphatic carbocycles. The third-order valence-corrected chi connectivity index (χ3v) is 4.99. The fraction of sp³-hybridized carbons (Fsp3) is 0.529. The number of benzene rings is 1. The molecule has 0 spiro atoms. The number of halogens is 1. The number of hydrogen-bond donors (Lipinski definition) is 1. The average molecular weight is 364 g/mol. The maximum absolute atomic E-state index is 12.7. The van der Waals surface area contributed by atoms with E-state index in [0.717, 1.165) is 42.3 Å². The van der Waals surface area contributed by atoms with Gasteiger partial charge in [-0.1, -0.05) is 35.2 Å². The smallest absolute Gasteiger partial charge is 0.245 e. The predicted octanol–water partition coefficient (Wildman–Crippen LogP) is 3.93. The molecule has 1 aromatic carbocycles. The van der Waals surface area contributed by atoms with Crippen LogP contribution < -0.4 is 5.32 Å². The van der Waals surface area contributed by atoms with E-state index in [9.17, 15) is 10.1 Å². The first kappa shape index (κ1) is 16.8. The molecule has 1 amide bonds. The molecule has 22 heavy (non-hydrogen) atoms. The lowest BCUT2D eigenvalue weighted by molar-refractivity contribution is -0.135. The van der Waals surface area contributed by atoms with E-state index in [-0.39, 0.29) is 11.9 Å². The Morgan fingerprint density at radius 2 is 1.91 bits per heavy atom. The van der Waals surface area contributed by atoms with Crippen LogP contribution in [0.2, 0.25) is 0 Å². The van der Waals surface area contributed by atoms with Crippen LogP contribution in [0.25, 0.3) is 0 Å². The second-order valence-corrected chi connectivity index (χ2v) is 6.89. The van der Waals surface area contributed by atoms with Gasteiger partial charge in [0, 0.05) is 17.2 Å². The zero-order valence-electron chi connectivity index (χ0n) is 13.1. The molecule has 5 heteroatoms. The lowest BCUT2D eigenvalue weighted by atomic mass is 9.81. The van der Waals surface area contributed by atoms with Crippen molar-refractivity contribution in [3.05, 3.63) is 28.7 Å². The van der Waals surface area contributed by atoms with Crippen molar-refractivity contribution in [2.75, 3.05) is 12.4 Å². The minimum atomic E-state index is -0.634. The van der Waals surface area contributed by atoms with Gasteiger partial charge in [-0.3, -0.25) is 4.79 Å². The zero-order valence-corrected chi connectivity index (χ0v) is 14.7. The van der Waals surface area contributed by atoms with E-state index >= 15 is 0 Å². The van der Waals surface area contributed by atoms with Gasteiger partial charge in [0.2, 0.25) is 5.91 Å². The highest BCUT2D eigenvalue weighted by atomic mass is 79.9. The second-order valence-electron chi connectivity index (χ2n) is 5.97. The van der Waals surface area contributed by atoms with Crippen LogP contribution in [0.15, 0.2) is 28.7 Å². The van der Waals surface area contributed by atoms with E-state index in [1.807, 2.05) is 31.2 Å². The third kappa shape index (κ3) is 3.61. The summed E-state index contributed by atoms with van der Waals surface area (Å²) in [5.74, 6) is -0.0358. The first-order chi connectivity index (χ1) is 10.5. The summed E-state index contributed by atoms with van der Waals surface area (Å²) in [5, 5.41) is 12.8. The molecule has 1 aromatic rings. The molecule has 1 atom stereocenters. The molecule has 0 bridgehead atoms. The van der Waals surface area contributed by atoms with Gasteiger partial charge < -0.3 is 10.2 Å². The maximum Gasteiger partial charge on any atom is 0.245 e. The monoisotopic (exact) mass is 363 g/mol. The van der Waals surface area contributed by atoms with Gasteiger partial charge in [-0.25, -0.2) is 0 Å². The van der Waals surface area contributed by atoms with Gasteiger partial charge in [-0.2, -0.15) is 5.26 Å². The number of rotatable bonds is 4. The standard InChI is InChI=1S/C17H22BrN3O/c1-13(20-15-8-6-14(18)7-9-15)16(22)21(2)17(12-19)10-4-3-5-11-17/h6-9,13,20H,3-5,10-11H2,1-2H3/t13-/m0/s1. The molecule has 1 aliphatic rings. The Balaban J connectivity index is 2.05. The minimum Gasteiger partial charge on any atom is -0.374 e. The summed E-state index contributed by atoms with van der Waals surface area (Å²) in [6.45, 7) is 1.84. The van der Waals surface area contributed by atoms with Crippen LogP contribution >= 0.6 is 15.9 Å². The number of nitriles is 1. The SMILES string of the molecule is C[C@H](Nc1ccc(Br)cc1)C(=O)N(C)C1(C#N)CCCCC1. The van der Waals surface area contributed by atoms with E-state index in [1.165, 1.54) is 0 Å². The van der Waals surface area contributed by atoms with Crippen molar-refractivity contribution in [3.63, 3.8) is 0 Å². The molecule has 0 aliphatic heterocycles. The van der Waals surface area contributed by atoms with E-state index in [2.05, 4.69) is 27.3 Å². The molecule has 2 rings (SSSR count). The summed E-state index contributed by atoms with van der Waals surface area (Å²) in [5.41, 5.74) is 0.262. The summed E-state index contributed by atoms with van der Waals surface area (Å²) >= 11 is 3.39. The Bertz CT molecular complexity index is 558. The molecule has 0 unspecified atom stereocenters. The Labute approximate surface area is 140 Å². The molecular weight excluding hydrogens is 342 g/mol. The summed E-state index contributed by atoms with van der Waals surface area (Å²) in [7, 11) is 1.76. The topological polar surface area (TPSA) is 56.1 Å². The van der Waals surface area contributed by atoms with Crippen LogP contribution in [-0.2, 0) is 4.79 Å². The van der Waals surface area contributed by atoms with E-state index in [0.29, 0.717) is 0 Å². The summed E-state index contributed by atoms with van der Waals surface area (Å²) in [4.78, 5) is 14.3. The van der Waals surface area contributed by atoms with E-state index < -0.39 is 5.54 Å². The van der Waals surface area contributed by atoms with Crippen molar-refractivity contribution in [2.24, 2.45) is 0 Å². The summed E-state index contributed by atoms with van der Waals surface area (Å²) in [6, 6.07) is 9.75. The number of carbonyl (C=O) groups is 1. The molecule has 1 N–H and O–H groups in total. The van der Waals surface area contributed by atoms with Crippen LogP contribution in [0.3, 0.4) is 0 Å². The highest BCUT2D eigenvalue weighted by Crippen LogP contribution is 2.32. The highest BCUT2D eigenvalue weighted by Gasteiger charge is 2.39. The van der Waals surface area contributed by atoms with Crippen LogP contribution in [0.1, 0.15) is 39.0 Å². The van der Waals surface area contributed by atoms with E-state index in [4.69, 9.17) is 0 Å². The number of likely N-dealkylation sites (N-methyl/N-ethyl adjacent to an activating group) is 1. The third-order valence-electron chi connectivity index (χ3n) is 4.46. The molecule has 0 radical (unpaired) electrons. The maximum atomic E-state index is 12.7. The molecule has 4 nitrogen and oxygen atoms in total. The Kier molecular flexibility index (Phi) is 5.47. The van der Waals surface area contributed by atoms with Crippen LogP contribution in [0.4, 0.5) is 5.69 Å². The predicted molar refractivity (Wildman–Crippen MR) is 91.4 cm³/mol. The Hall–Kier alpha value is -1.54. The first-order valence-corrected chi connectivity index (χ1v) is 8.49. The number of anilines is 1. The van der Waals surface area contributed by atoms with Gasteiger partial charge in [-0.15, -0.1) is 0 Å². The van der Waals surface area contributed by atoms with Crippen molar-refractivity contribution in [1.29, 1.82) is 5.26 Å². The van der Waals surface area contributed by atoms with Crippen molar-refractivity contribution in [2.45, 2.75) is 50.6 Å². The van der Waals surface area contributed by atoms with Gasteiger partial charge in [0.25, 0.3) is 0 Å². The van der Waals surface area contributed by atoms with Crippen LogP contribution in [0.5, 0.6) is 0 Å². The number of amides is 1. The van der Waals surface area contributed by atoms with Crippen LogP contribution in [-0.4, -0.2) is 29.4 Å².